The van der Waals surface area contributed by atoms with E-state index in [1.165, 1.54) is 23.1 Å². The molecule has 2 aliphatic heterocycles. The normalized spacial score (nSPS) is 21.1. The zero-order valence-corrected chi connectivity index (χ0v) is 20.8. The summed E-state index contributed by atoms with van der Waals surface area (Å²) in [5.41, 5.74) is 0.977. The van der Waals surface area contributed by atoms with E-state index in [9.17, 15) is 22.7 Å². The van der Waals surface area contributed by atoms with Crippen LogP contribution >= 0.6 is 0 Å². The Morgan fingerprint density at radius 3 is 2.47 bits per heavy atom. The third-order valence-corrected chi connectivity index (χ3v) is 7.38. The van der Waals surface area contributed by atoms with E-state index in [2.05, 4.69) is 4.98 Å². The molecule has 2 atom stereocenters. The summed E-state index contributed by atoms with van der Waals surface area (Å²) < 4.78 is 92.2. The van der Waals surface area contributed by atoms with E-state index in [4.69, 9.17) is 4.74 Å². The molecule has 2 aromatic carbocycles. The summed E-state index contributed by atoms with van der Waals surface area (Å²) in [6.45, 7) is 0.451. The van der Waals surface area contributed by atoms with Crippen LogP contribution in [-0.4, -0.2) is 77.4 Å². The van der Waals surface area contributed by atoms with Gasteiger partial charge in [-0.05, 0) is 43.5 Å². The molecule has 2 N–H and O–H groups in total. The largest absolute Gasteiger partial charge is 0.488 e. The summed E-state index contributed by atoms with van der Waals surface area (Å²) in [6, 6.07) is 4.23. The van der Waals surface area contributed by atoms with Gasteiger partial charge in [0.05, 0.1) is 19.3 Å². The molecular formula is C27H29F6N3O2. The van der Waals surface area contributed by atoms with Gasteiger partial charge in [-0.25, -0.2) is 22.0 Å². The third-order valence-electron chi connectivity index (χ3n) is 7.38. The molecular weight excluding hydrogens is 512 g/mol. The lowest BCUT2D eigenvalue weighted by Crippen LogP contribution is -2.53. The molecule has 1 saturated heterocycles. The number of fused-ring (bicyclic) bond motifs is 3. The van der Waals surface area contributed by atoms with E-state index in [1.54, 1.807) is 6.92 Å². The number of benzene rings is 2. The topological polar surface area (TPSA) is 51.7 Å². The lowest BCUT2D eigenvalue weighted by Gasteiger charge is -2.42. The van der Waals surface area contributed by atoms with Crippen LogP contribution in [0.4, 0.5) is 26.3 Å². The molecule has 1 fully saturated rings. The summed E-state index contributed by atoms with van der Waals surface area (Å²) in [5, 5.41) is 9.74. The van der Waals surface area contributed by atoms with Crippen LogP contribution < -0.4 is 4.74 Å². The van der Waals surface area contributed by atoms with Crippen LogP contribution in [0.5, 0.6) is 5.75 Å². The average molecular weight is 542 g/mol. The highest BCUT2D eigenvalue weighted by molar-refractivity contribution is 5.85. The van der Waals surface area contributed by atoms with Crippen molar-refractivity contribution in [1.29, 1.82) is 0 Å². The van der Waals surface area contributed by atoms with Gasteiger partial charge in [0.1, 0.15) is 35.9 Å². The second kappa shape index (κ2) is 10.4. The second-order valence-corrected chi connectivity index (χ2v) is 10.2. The minimum Gasteiger partial charge on any atom is -0.488 e. The van der Waals surface area contributed by atoms with Crippen molar-refractivity contribution in [1.82, 2.24) is 14.8 Å². The van der Waals surface area contributed by atoms with E-state index < -0.39 is 60.8 Å². The highest BCUT2D eigenvalue weighted by Gasteiger charge is 2.43. The molecule has 0 bridgehead atoms. The van der Waals surface area contributed by atoms with E-state index in [0.29, 0.717) is 48.2 Å². The van der Waals surface area contributed by atoms with Crippen molar-refractivity contribution in [3.63, 3.8) is 0 Å². The van der Waals surface area contributed by atoms with Gasteiger partial charge in [-0.2, -0.15) is 0 Å². The molecule has 206 valence electrons. The Labute approximate surface area is 216 Å². The van der Waals surface area contributed by atoms with Crippen LogP contribution in [0.2, 0.25) is 0 Å². The van der Waals surface area contributed by atoms with Gasteiger partial charge < -0.3 is 14.8 Å². The zero-order chi connectivity index (χ0) is 27.2. The number of nitrogens with zero attached hydrogens (tertiary/aromatic N) is 2. The number of ether oxygens (including phenoxy) is 1. The average Bonchev–Trinajstić information content (AvgIpc) is 3.18. The Hall–Kier alpha value is -2.76. The first kappa shape index (κ1) is 26.8. The molecule has 5 rings (SSSR count). The van der Waals surface area contributed by atoms with Gasteiger partial charge in [-0.1, -0.05) is 0 Å². The molecule has 38 heavy (non-hydrogen) atoms. The molecule has 2 aliphatic rings. The number of aliphatic hydroxyl groups excluding tert-OH is 1. The van der Waals surface area contributed by atoms with Gasteiger partial charge in [0.25, 0.3) is 5.92 Å². The van der Waals surface area contributed by atoms with Gasteiger partial charge in [-0.3, -0.25) is 14.2 Å². The minimum atomic E-state index is -3.52. The number of aromatic nitrogens is 1. The minimum absolute atomic E-state index is 0.0334. The Morgan fingerprint density at radius 1 is 1.11 bits per heavy atom. The van der Waals surface area contributed by atoms with Gasteiger partial charge in [0.2, 0.25) is 0 Å². The molecule has 0 aliphatic carbocycles. The number of hydrogen-bond donors (Lipinski definition) is 2. The van der Waals surface area contributed by atoms with Crippen molar-refractivity contribution in [2.45, 2.75) is 43.9 Å². The maximum Gasteiger partial charge on any atom is 0.283 e. The summed E-state index contributed by atoms with van der Waals surface area (Å²) in [6.07, 6.45) is 0.337. The first-order valence-electron chi connectivity index (χ1n) is 12.6. The lowest BCUT2D eigenvalue weighted by molar-refractivity contribution is -0.0869. The van der Waals surface area contributed by atoms with Crippen LogP contribution in [-0.2, 0) is 6.42 Å². The number of H-pyrrole nitrogens is 1. The van der Waals surface area contributed by atoms with Crippen LogP contribution in [0.3, 0.4) is 0 Å². The maximum absolute atomic E-state index is 15.6. The summed E-state index contributed by atoms with van der Waals surface area (Å²) >= 11 is 0. The quantitative estimate of drug-likeness (QED) is 0.376. The Bertz CT molecular complexity index is 1290. The fraction of sp³-hybridized carbons (Fsp3) is 0.481. The van der Waals surface area contributed by atoms with Crippen molar-refractivity contribution >= 4 is 10.9 Å². The monoisotopic (exact) mass is 541 g/mol. The van der Waals surface area contributed by atoms with E-state index in [0.717, 1.165) is 12.1 Å². The number of hydrogen-bond acceptors (Lipinski definition) is 4. The van der Waals surface area contributed by atoms with Crippen molar-refractivity contribution < 1.29 is 36.2 Å². The van der Waals surface area contributed by atoms with E-state index >= 15 is 8.78 Å². The molecule has 0 radical (unpaired) electrons. The van der Waals surface area contributed by atoms with Crippen molar-refractivity contribution in [2.75, 3.05) is 39.5 Å². The summed E-state index contributed by atoms with van der Waals surface area (Å²) in [7, 11) is 0. The molecule has 3 aromatic rings. The lowest BCUT2D eigenvalue weighted by atomic mass is 9.87. The number of rotatable bonds is 9. The fourth-order valence-electron chi connectivity index (χ4n) is 5.55. The Kier molecular flexibility index (Phi) is 7.36. The number of nitrogens with one attached hydrogen (secondary N) is 1. The highest BCUT2D eigenvalue weighted by Crippen LogP contribution is 2.44. The fourth-order valence-corrected chi connectivity index (χ4v) is 5.55. The third kappa shape index (κ3) is 5.11. The number of likely N-dealkylation sites (tertiary alicyclic amines) is 1. The molecule has 0 amide bonds. The van der Waals surface area contributed by atoms with E-state index in [-0.39, 0.29) is 18.3 Å². The molecule has 5 nitrogen and oxygen atoms in total. The first-order chi connectivity index (χ1) is 18.1. The van der Waals surface area contributed by atoms with Gasteiger partial charge in [0, 0.05) is 60.0 Å². The smallest absolute Gasteiger partial charge is 0.283 e. The van der Waals surface area contributed by atoms with Gasteiger partial charge in [0.15, 0.2) is 0 Å². The highest BCUT2D eigenvalue weighted by atomic mass is 19.3. The SMILES string of the molecule is C[C@@H]1Cc2c([nH]c3ccc(F)cc23)C(c2c(F)cc(OC3CN(CCCF)C3)cc2F)N1CC(F)(F)CO. The molecule has 1 unspecified atom stereocenters. The summed E-state index contributed by atoms with van der Waals surface area (Å²) in [5.74, 6) is -5.98. The van der Waals surface area contributed by atoms with Crippen molar-refractivity contribution in [3.8, 4) is 5.75 Å². The Balaban J connectivity index is 1.52. The Morgan fingerprint density at radius 2 is 1.82 bits per heavy atom. The van der Waals surface area contributed by atoms with Gasteiger partial charge in [-0.15, -0.1) is 0 Å². The molecule has 11 heteroatoms. The molecule has 1 aromatic heterocycles. The molecule has 0 saturated carbocycles. The standard InChI is InChI=1S/C27H29F6N3O2/c1-15-7-20-19-8-16(29)3-4-23(19)34-25(20)26(36(15)13-27(32,33)14-37)24-21(30)9-17(10-22(24)31)38-18-11-35(12-18)6-2-5-28/h3-4,8-10,15,18,26,34,37H,2,5-7,11-14H2,1H3/t15-,26?/m1/s1. The first-order valence-corrected chi connectivity index (χ1v) is 12.6. The molecule has 0 spiro atoms. The van der Waals surface area contributed by atoms with Crippen LogP contribution in [0, 0.1) is 17.5 Å². The summed E-state index contributed by atoms with van der Waals surface area (Å²) in [4.78, 5) is 6.31. The number of alkyl halides is 3. The van der Waals surface area contributed by atoms with Crippen LogP contribution in [0.25, 0.3) is 10.9 Å². The van der Waals surface area contributed by atoms with Crippen LogP contribution in [0.15, 0.2) is 30.3 Å². The number of aliphatic hydroxyl groups is 1. The van der Waals surface area contributed by atoms with Crippen LogP contribution in [0.1, 0.15) is 36.2 Å². The van der Waals surface area contributed by atoms with Crippen molar-refractivity contribution in [2.24, 2.45) is 0 Å². The zero-order valence-electron chi connectivity index (χ0n) is 20.8. The van der Waals surface area contributed by atoms with Crippen molar-refractivity contribution in [3.05, 3.63) is 64.6 Å². The van der Waals surface area contributed by atoms with E-state index in [1.807, 2.05) is 4.90 Å². The van der Waals surface area contributed by atoms with Gasteiger partial charge >= 0.3 is 0 Å². The predicted octanol–water partition coefficient (Wildman–Crippen LogP) is 4.97. The second-order valence-electron chi connectivity index (χ2n) is 10.2. The predicted molar refractivity (Wildman–Crippen MR) is 130 cm³/mol. The maximum atomic E-state index is 15.6. The number of aromatic amines is 1. The molecule has 3 heterocycles. The number of halogens is 6.